The van der Waals surface area contributed by atoms with E-state index in [-0.39, 0.29) is 11.1 Å². The largest absolute Gasteiger partial charge is 0.322 e. The fourth-order valence-electron chi connectivity index (χ4n) is 1.08. The minimum atomic E-state index is -0.510. The van der Waals surface area contributed by atoms with Gasteiger partial charge in [0, 0.05) is 6.20 Å². The Morgan fingerprint density at radius 1 is 1.75 bits per heavy atom. The van der Waals surface area contributed by atoms with Crippen molar-refractivity contribution in [3.63, 3.8) is 0 Å². The van der Waals surface area contributed by atoms with Crippen LogP contribution in [0.3, 0.4) is 0 Å². The molecule has 0 fully saturated rings. The Hall–Kier alpha value is -0.780. The van der Waals surface area contributed by atoms with Crippen LogP contribution in [0.25, 0.3) is 0 Å². The second kappa shape index (κ2) is 6.73. The van der Waals surface area contributed by atoms with E-state index in [0.717, 1.165) is 5.75 Å². The van der Waals surface area contributed by atoms with Crippen LogP contribution in [0.2, 0.25) is 5.15 Å². The summed E-state index contributed by atoms with van der Waals surface area (Å²) in [5, 5.41) is 2.92. The van der Waals surface area contributed by atoms with Gasteiger partial charge in [-0.25, -0.2) is 4.98 Å². The van der Waals surface area contributed by atoms with Crippen molar-refractivity contribution in [3.8, 4) is 0 Å². The van der Waals surface area contributed by atoms with Crippen LogP contribution in [-0.2, 0) is 4.79 Å². The van der Waals surface area contributed by atoms with Crippen LogP contribution in [0, 0.1) is 0 Å². The van der Waals surface area contributed by atoms with Crippen molar-refractivity contribution < 1.29 is 4.79 Å². The van der Waals surface area contributed by atoms with Crippen LogP contribution < -0.4 is 11.1 Å². The molecule has 1 heterocycles. The lowest BCUT2D eigenvalue weighted by molar-refractivity contribution is -0.117. The van der Waals surface area contributed by atoms with Gasteiger partial charge in [-0.2, -0.15) is 11.8 Å². The molecule has 0 aromatic carbocycles. The van der Waals surface area contributed by atoms with E-state index < -0.39 is 6.04 Å². The number of nitrogens with one attached hydrogen (secondary N) is 1. The number of hydrogen-bond donors (Lipinski definition) is 2. The number of amides is 1. The first kappa shape index (κ1) is 13.3. The number of pyridine rings is 1. The Morgan fingerprint density at radius 3 is 3.12 bits per heavy atom. The van der Waals surface area contributed by atoms with Gasteiger partial charge < -0.3 is 11.1 Å². The van der Waals surface area contributed by atoms with Crippen molar-refractivity contribution in [2.24, 2.45) is 5.73 Å². The highest BCUT2D eigenvalue weighted by molar-refractivity contribution is 7.98. The van der Waals surface area contributed by atoms with Crippen molar-refractivity contribution in [1.29, 1.82) is 0 Å². The molecular formula is C10H14ClN3OS. The number of carbonyl (C=O) groups is 1. The van der Waals surface area contributed by atoms with Gasteiger partial charge in [-0.3, -0.25) is 4.79 Å². The Bertz CT molecular complexity index is 362. The molecule has 0 aliphatic rings. The van der Waals surface area contributed by atoms with Crippen molar-refractivity contribution in [1.82, 2.24) is 4.98 Å². The molecule has 88 valence electrons. The van der Waals surface area contributed by atoms with E-state index in [1.54, 1.807) is 30.1 Å². The average molecular weight is 260 g/mol. The summed E-state index contributed by atoms with van der Waals surface area (Å²) < 4.78 is 0. The molecule has 6 heteroatoms. The van der Waals surface area contributed by atoms with Crippen molar-refractivity contribution in [2.45, 2.75) is 12.5 Å². The first-order valence-electron chi connectivity index (χ1n) is 4.81. The normalized spacial score (nSPS) is 12.2. The molecule has 16 heavy (non-hydrogen) atoms. The van der Waals surface area contributed by atoms with Gasteiger partial charge in [0.05, 0.1) is 11.7 Å². The minimum absolute atomic E-state index is 0.232. The van der Waals surface area contributed by atoms with E-state index in [9.17, 15) is 4.79 Å². The number of rotatable bonds is 5. The molecule has 1 aromatic heterocycles. The molecule has 0 saturated heterocycles. The van der Waals surface area contributed by atoms with Gasteiger partial charge in [0.2, 0.25) is 5.91 Å². The van der Waals surface area contributed by atoms with Crippen LogP contribution >= 0.6 is 23.4 Å². The Morgan fingerprint density at radius 2 is 2.50 bits per heavy atom. The Balaban J connectivity index is 2.54. The highest BCUT2D eigenvalue weighted by atomic mass is 35.5. The summed E-state index contributed by atoms with van der Waals surface area (Å²) in [6.07, 6.45) is 4.18. The van der Waals surface area contributed by atoms with Gasteiger partial charge in [0.15, 0.2) is 5.15 Å². The maximum Gasteiger partial charge on any atom is 0.241 e. The zero-order chi connectivity index (χ0) is 12.0. The third kappa shape index (κ3) is 4.00. The molecule has 0 aliphatic heterocycles. The average Bonchev–Trinajstić information content (AvgIpc) is 2.28. The van der Waals surface area contributed by atoms with Crippen LogP contribution in [0.15, 0.2) is 18.3 Å². The van der Waals surface area contributed by atoms with Crippen molar-refractivity contribution in [2.75, 3.05) is 17.3 Å². The third-order valence-electron chi connectivity index (χ3n) is 1.99. The fourth-order valence-corrected chi connectivity index (χ4v) is 1.74. The van der Waals surface area contributed by atoms with Gasteiger partial charge in [0.25, 0.3) is 0 Å². The summed E-state index contributed by atoms with van der Waals surface area (Å²) >= 11 is 7.46. The lowest BCUT2D eigenvalue weighted by Crippen LogP contribution is -2.36. The van der Waals surface area contributed by atoms with Gasteiger partial charge in [-0.05, 0) is 30.6 Å². The van der Waals surface area contributed by atoms with E-state index in [1.807, 2.05) is 6.26 Å². The van der Waals surface area contributed by atoms with Crippen LogP contribution in [0.4, 0.5) is 5.69 Å². The monoisotopic (exact) mass is 259 g/mol. The molecule has 0 aliphatic carbocycles. The van der Waals surface area contributed by atoms with E-state index in [1.165, 1.54) is 0 Å². The second-order valence-electron chi connectivity index (χ2n) is 3.22. The molecule has 1 rings (SSSR count). The number of hydrogen-bond acceptors (Lipinski definition) is 4. The van der Waals surface area contributed by atoms with Crippen molar-refractivity contribution in [3.05, 3.63) is 23.5 Å². The summed E-state index contributed by atoms with van der Waals surface area (Å²) in [7, 11) is 0. The highest BCUT2D eigenvalue weighted by Gasteiger charge is 2.14. The van der Waals surface area contributed by atoms with E-state index >= 15 is 0 Å². The van der Waals surface area contributed by atoms with Gasteiger partial charge in [0.1, 0.15) is 0 Å². The minimum Gasteiger partial charge on any atom is -0.322 e. The zero-order valence-corrected chi connectivity index (χ0v) is 10.5. The van der Waals surface area contributed by atoms with Crippen LogP contribution in [0.1, 0.15) is 6.42 Å². The van der Waals surface area contributed by atoms with E-state index in [4.69, 9.17) is 17.3 Å². The maximum absolute atomic E-state index is 11.6. The standard InChI is InChI=1S/C10H14ClN3OS/c1-16-6-4-7(12)10(15)14-8-3-2-5-13-9(8)11/h2-3,5,7H,4,6,12H2,1H3,(H,14,15)/t7-/m0/s1. The first-order chi connectivity index (χ1) is 7.65. The van der Waals surface area contributed by atoms with Crippen molar-refractivity contribution >= 4 is 35.0 Å². The molecule has 4 nitrogen and oxygen atoms in total. The highest BCUT2D eigenvalue weighted by Crippen LogP contribution is 2.17. The summed E-state index contributed by atoms with van der Waals surface area (Å²) in [6.45, 7) is 0. The lowest BCUT2D eigenvalue weighted by Gasteiger charge is -2.11. The molecule has 0 bridgehead atoms. The summed E-state index contributed by atoms with van der Waals surface area (Å²) in [5.41, 5.74) is 6.21. The fraction of sp³-hybridized carbons (Fsp3) is 0.400. The third-order valence-corrected chi connectivity index (χ3v) is 2.93. The number of carbonyl (C=O) groups excluding carboxylic acids is 1. The van der Waals surface area contributed by atoms with Gasteiger partial charge in [-0.1, -0.05) is 11.6 Å². The number of nitrogens with zero attached hydrogens (tertiary/aromatic N) is 1. The molecule has 0 radical (unpaired) electrons. The predicted molar refractivity (Wildman–Crippen MR) is 68.9 cm³/mol. The zero-order valence-electron chi connectivity index (χ0n) is 8.94. The molecule has 1 atom stereocenters. The number of nitrogens with two attached hydrogens (primary N) is 1. The predicted octanol–water partition coefficient (Wildman–Crippen LogP) is 1.75. The molecular weight excluding hydrogens is 246 g/mol. The quantitative estimate of drug-likeness (QED) is 0.791. The topological polar surface area (TPSA) is 68.0 Å². The Kier molecular flexibility index (Phi) is 5.59. The number of anilines is 1. The smallest absolute Gasteiger partial charge is 0.241 e. The van der Waals surface area contributed by atoms with Crippen LogP contribution in [-0.4, -0.2) is 28.9 Å². The van der Waals surface area contributed by atoms with Gasteiger partial charge >= 0.3 is 0 Å². The molecule has 1 aromatic rings. The second-order valence-corrected chi connectivity index (χ2v) is 4.56. The number of halogens is 1. The molecule has 0 spiro atoms. The Labute approximate surface area is 104 Å². The SMILES string of the molecule is CSCC[C@H](N)C(=O)Nc1cccnc1Cl. The lowest BCUT2D eigenvalue weighted by atomic mass is 10.2. The molecule has 3 N–H and O–H groups in total. The van der Waals surface area contributed by atoms with E-state index in [0.29, 0.717) is 12.1 Å². The molecule has 0 unspecified atom stereocenters. The summed E-state index contributed by atoms with van der Waals surface area (Å²) in [5.74, 6) is 0.624. The number of aromatic nitrogens is 1. The molecule has 1 amide bonds. The summed E-state index contributed by atoms with van der Waals surface area (Å²) in [4.78, 5) is 15.5. The summed E-state index contributed by atoms with van der Waals surface area (Å²) in [6, 6.07) is 2.88. The van der Waals surface area contributed by atoms with Crippen LogP contribution in [0.5, 0.6) is 0 Å². The van der Waals surface area contributed by atoms with E-state index in [2.05, 4.69) is 10.3 Å². The molecule has 0 saturated carbocycles. The first-order valence-corrected chi connectivity index (χ1v) is 6.58. The maximum atomic E-state index is 11.6. The van der Waals surface area contributed by atoms with Gasteiger partial charge in [-0.15, -0.1) is 0 Å². The number of thioether (sulfide) groups is 1.